The third-order valence-corrected chi connectivity index (χ3v) is 7.85. The number of nitrogens with zero attached hydrogens (tertiary/aromatic N) is 1. The molecule has 0 radical (unpaired) electrons. The van der Waals surface area contributed by atoms with Crippen molar-refractivity contribution in [2.75, 3.05) is 23.7 Å². The van der Waals surface area contributed by atoms with Crippen LogP contribution >= 0.6 is 22.9 Å². The normalized spacial score (nSPS) is 11.4. The van der Waals surface area contributed by atoms with Crippen molar-refractivity contribution in [3.63, 3.8) is 0 Å². The van der Waals surface area contributed by atoms with Gasteiger partial charge in [-0.05, 0) is 54.6 Å². The molecule has 2 aromatic heterocycles. The molecule has 4 aromatic rings. The third-order valence-electron chi connectivity index (χ3n) is 4.80. The first-order chi connectivity index (χ1) is 16.7. The van der Waals surface area contributed by atoms with Gasteiger partial charge in [-0.2, -0.15) is 0 Å². The predicted octanol–water partition coefficient (Wildman–Crippen LogP) is 2.27. The first kappa shape index (κ1) is 24.5. The number of carbonyl (C=O) groups is 1. The van der Waals surface area contributed by atoms with Crippen molar-refractivity contribution in [1.29, 1.82) is 0 Å². The smallest absolute Gasteiger partial charge is 0.333 e. The Bertz CT molecular complexity index is 1630. The number of nitrogens with two attached hydrogens (primary N) is 1. The SMILES string of the molecule is NCCNc1ccc2c(=O)n(-c3ccc(NC(=O)NS(=O)(=O)c4ccc(Cl)s4)cc3)c(=O)[nH]c2c1. The topological polar surface area (TPSA) is 168 Å². The molecule has 35 heavy (non-hydrogen) atoms. The zero-order chi connectivity index (χ0) is 25.2. The Morgan fingerprint density at radius 2 is 1.77 bits per heavy atom. The Morgan fingerprint density at radius 3 is 2.43 bits per heavy atom. The second-order valence-electron chi connectivity index (χ2n) is 7.21. The monoisotopic (exact) mass is 534 g/mol. The second-order valence-corrected chi connectivity index (χ2v) is 10.8. The zero-order valence-corrected chi connectivity index (χ0v) is 20.3. The average Bonchev–Trinajstić information content (AvgIpc) is 3.25. The largest absolute Gasteiger partial charge is 0.384 e. The molecule has 0 aliphatic carbocycles. The van der Waals surface area contributed by atoms with E-state index in [1.54, 1.807) is 18.2 Å². The minimum atomic E-state index is -4.08. The Balaban J connectivity index is 1.54. The van der Waals surface area contributed by atoms with Crippen molar-refractivity contribution in [1.82, 2.24) is 14.3 Å². The molecule has 2 heterocycles. The van der Waals surface area contributed by atoms with Crippen LogP contribution < -0.4 is 32.3 Å². The van der Waals surface area contributed by atoms with Crippen molar-refractivity contribution in [3.05, 3.63) is 79.8 Å². The van der Waals surface area contributed by atoms with E-state index in [1.165, 1.54) is 36.4 Å². The summed E-state index contributed by atoms with van der Waals surface area (Å²) in [5, 5.41) is 5.78. The Hall–Kier alpha value is -3.65. The quantitative estimate of drug-likeness (QED) is 0.242. The van der Waals surface area contributed by atoms with Gasteiger partial charge in [-0.3, -0.25) is 4.79 Å². The number of rotatable bonds is 7. The van der Waals surface area contributed by atoms with E-state index in [-0.39, 0.29) is 19.9 Å². The molecule has 0 saturated heterocycles. The molecule has 0 aliphatic rings. The molecule has 0 bridgehead atoms. The molecule has 0 atom stereocenters. The number of urea groups is 1. The summed E-state index contributed by atoms with van der Waals surface area (Å²) < 4.78 is 27.5. The number of carbonyl (C=O) groups excluding carboxylic acids is 1. The first-order valence-corrected chi connectivity index (χ1v) is 12.8. The van der Waals surface area contributed by atoms with E-state index in [1.807, 2.05) is 4.72 Å². The highest BCUT2D eigenvalue weighted by Gasteiger charge is 2.20. The van der Waals surface area contributed by atoms with Crippen molar-refractivity contribution in [3.8, 4) is 5.69 Å². The van der Waals surface area contributed by atoms with Crippen LogP contribution in [-0.2, 0) is 10.0 Å². The van der Waals surface area contributed by atoms with E-state index in [4.69, 9.17) is 17.3 Å². The number of aromatic amines is 1. The number of anilines is 2. The van der Waals surface area contributed by atoms with Crippen molar-refractivity contribution in [2.45, 2.75) is 4.21 Å². The molecule has 14 heteroatoms. The fourth-order valence-electron chi connectivity index (χ4n) is 3.24. The van der Waals surface area contributed by atoms with Gasteiger partial charge in [-0.15, -0.1) is 11.3 Å². The molecular weight excluding hydrogens is 516 g/mol. The van der Waals surface area contributed by atoms with Gasteiger partial charge in [0.1, 0.15) is 4.21 Å². The van der Waals surface area contributed by atoms with E-state index in [2.05, 4.69) is 15.6 Å². The van der Waals surface area contributed by atoms with E-state index in [9.17, 15) is 22.8 Å². The molecule has 0 saturated carbocycles. The van der Waals surface area contributed by atoms with Gasteiger partial charge >= 0.3 is 11.7 Å². The highest BCUT2D eigenvalue weighted by molar-refractivity contribution is 7.92. The summed E-state index contributed by atoms with van der Waals surface area (Å²) in [6, 6.07) is 12.4. The maximum atomic E-state index is 13.0. The number of H-pyrrole nitrogens is 1. The Kier molecular flexibility index (Phi) is 6.93. The maximum Gasteiger partial charge on any atom is 0.333 e. The number of halogens is 1. The highest BCUT2D eigenvalue weighted by Crippen LogP contribution is 2.25. The first-order valence-electron chi connectivity index (χ1n) is 10.1. The van der Waals surface area contributed by atoms with Gasteiger partial charge in [0, 0.05) is 24.5 Å². The van der Waals surface area contributed by atoms with Crippen molar-refractivity contribution < 1.29 is 13.2 Å². The van der Waals surface area contributed by atoms with Crippen LogP contribution in [0.5, 0.6) is 0 Å². The van der Waals surface area contributed by atoms with E-state index in [0.717, 1.165) is 15.9 Å². The summed E-state index contributed by atoms with van der Waals surface area (Å²) in [5.41, 5.74) is 5.91. The number of hydrogen-bond donors (Lipinski definition) is 5. The van der Waals surface area contributed by atoms with Gasteiger partial charge in [-0.25, -0.2) is 27.3 Å². The Morgan fingerprint density at radius 1 is 1.06 bits per heavy atom. The third kappa shape index (κ3) is 5.38. The number of nitrogens with one attached hydrogen (secondary N) is 4. The van der Waals surface area contributed by atoms with Gasteiger partial charge in [-0.1, -0.05) is 11.6 Å². The molecule has 2 aromatic carbocycles. The van der Waals surface area contributed by atoms with Gasteiger partial charge in [0.05, 0.1) is 20.9 Å². The van der Waals surface area contributed by atoms with Gasteiger partial charge in [0.25, 0.3) is 15.6 Å². The molecular formula is C21H19ClN6O5S2. The van der Waals surface area contributed by atoms with Crippen molar-refractivity contribution >= 4 is 61.3 Å². The van der Waals surface area contributed by atoms with E-state index < -0.39 is 27.3 Å². The lowest BCUT2D eigenvalue weighted by atomic mass is 10.2. The summed E-state index contributed by atoms with van der Waals surface area (Å²) in [4.78, 5) is 40.5. The highest BCUT2D eigenvalue weighted by atomic mass is 35.5. The van der Waals surface area contributed by atoms with Crippen LogP contribution in [0.3, 0.4) is 0 Å². The van der Waals surface area contributed by atoms with Crippen LogP contribution in [0.4, 0.5) is 16.2 Å². The predicted molar refractivity (Wildman–Crippen MR) is 136 cm³/mol. The van der Waals surface area contributed by atoms with Gasteiger partial charge in [0.2, 0.25) is 0 Å². The standard InChI is InChI=1S/C21H19ClN6O5S2/c22-17-7-8-18(34-17)35(32,33)27-20(30)25-12-1-4-14(5-2-12)28-19(29)15-6-3-13(24-10-9-23)11-16(15)26-21(28)31/h1-8,11,24H,9-10,23H2,(H,26,31)(H2,25,27,30). The second kappa shape index (κ2) is 9.92. The van der Waals surface area contributed by atoms with Crippen LogP contribution in [0.15, 0.2) is 68.4 Å². The molecule has 0 fully saturated rings. The summed E-state index contributed by atoms with van der Waals surface area (Å²) >= 11 is 6.56. The number of benzene rings is 2. The van der Waals surface area contributed by atoms with Crippen LogP contribution in [0.2, 0.25) is 4.34 Å². The molecule has 2 amide bonds. The molecule has 0 aliphatic heterocycles. The number of thiophene rings is 1. The molecule has 0 spiro atoms. The maximum absolute atomic E-state index is 13.0. The molecule has 182 valence electrons. The minimum absolute atomic E-state index is 0.106. The van der Waals surface area contributed by atoms with E-state index >= 15 is 0 Å². The molecule has 11 nitrogen and oxygen atoms in total. The van der Waals surface area contributed by atoms with Crippen LogP contribution in [0, 0.1) is 0 Å². The molecule has 0 unspecified atom stereocenters. The number of aromatic nitrogens is 2. The summed E-state index contributed by atoms with van der Waals surface area (Å²) in [6.45, 7) is 0.974. The van der Waals surface area contributed by atoms with Crippen molar-refractivity contribution in [2.24, 2.45) is 5.73 Å². The fourth-order valence-corrected chi connectivity index (χ4v) is 5.63. The lowest BCUT2D eigenvalue weighted by Crippen LogP contribution is -2.34. The van der Waals surface area contributed by atoms with Gasteiger partial charge < -0.3 is 21.4 Å². The lowest BCUT2D eigenvalue weighted by molar-refractivity contribution is 0.256. The fraction of sp³-hybridized carbons (Fsp3) is 0.0952. The molecule has 4 rings (SSSR count). The summed E-state index contributed by atoms with van der Waals surface area (Å²) in [5.74, 6) is 0. The van der Waals surface area contributed by atoms with E-state index in [0.29, 0.717) is 29.7 Å². The lowest BCUT2D eigenvalue weighted by Gasteiger charge is -2.10. The van der Waals surface area contributed by atoms with Crippen LogP contribution in [0.25, 0.3) is 16.6 Å². The summed E-state index contributed by atoms with van der Waals surface area (Å²) in [7, 11) is -4.08. The average molecular weight is 535 g/mol. The number of hydrogen-bond acceptors (Lipinski definition) is 8. The van der Waals surface area contributed by atoms with Crippen LogP contribution in [-0.4, -0.2) is 37.1 Å². The molecule has 6 N–H and O–H groups in total. The van der Waals surface area contributed by atoms with Gasteiger partial charge in [0.15, 0.2) is 0 Å². The minimum Gasteiger partial charge on any atom is -0.384 e. The summed E-state index contributed by atoms with van der Waals surface area (Å²) in [6.07, 6.45) is 0. The zero-order valence-electron chi connectivity index (χ0n) is 17.9. The number of amides is 2. The van der Waals surface area contributed by atoms with Crippen LogP contribution in [0.1, 0.15) is 0 Å². The Labute approximate surface area is 207 Å². The number of sulfonamides is 1. The number of fused-ring (bicyclic) bond motifs is 1.